The highest BCUT2D eigenvalue weighted by atomic mass is 16.6. The zero-order valence-electron chi connectivity index (χ0n) is 54.2. The zero-order chi connectivity index (χ0) is 59.2. The SMILES string of the molecule is CC/C=C\C/C=C\C/C=C\C/C=C\CCCCCCCCC(=O)OCC(COC(=O)CCCCCCCCCCCCCCCCCCCCCCCCCCCC)OC(=O)CCCCCCCC/C=C\C/C=C\C/C=C\C/C=C\CC. The fourth-order valence-corrected chi connectivity index (χ4v) is 10.1. The van der Waals surface area contributed by atoms with Crippen LogP contribution in [0.15, 0.2) is 97.2 Å². The summed E-state index contributed by atoms with van der Waals surface area (Å²) in [5.74, 6) is -0.898. The molecule has 0 aromatic carbocycles. The van der Waals surface area contributed by atoms with Crippen molar-refractivity contribution in [2.24, 2.45) is 0 Å². The van der Waals surface area contributed by atoms with Crippen LogP contribution in [0.25, 0.3) is 0 Å². The van der Waals surface area contributed by atoms with E-state index in [4.69, 9.17) is 14.2 Å². The molecule has 0 fully saturated rings. The van der Waals surface area contributed by atoms with Gasteiger partial charge in [-0.15, -0.1) is 0 Å². The second-order valence-electron chi connectivity index (χ2n) is 23.4. The summed E-state index contributed by atoms with van der Waals surface area (Å²) in [7, 11) is 0. The van der Waals surface area contributed by atoms with Gasteiger partial charge >= 0.3 is 17.9 Å². The first-order chi connectivity index (χ1) is 40.5. The minimum atomic E-state index is -0.794. The monoisotopic (exact) mass is 1140 g/mol. The summed E-state index contributed by atoms with van der Waals surface area (Å²) >= 11 is 0. The molecule has 0 saturated carbocycles. The molecular formula is C76H132O6. The van der Waals surface area contributed by atoms with Gasteiger partial charge in [-0.25, -0.2) is 0 Å². The molecule has 0 heterocycles. The largest absolute Gasteiger partial charge is 0.462 e. The van der Waals surface area contributed by atoms with E-state index in [1.54, 1.807) is 0 Å². The van der Waals surface area contributed by atoms with E-state index in [0.717, 1.165) is 128 Å². The Morgan fingerprint density at radius 2 is 0.476 bits per heavy atom. The Balaban J connectivity index is 4.35. The molecule has 472 valence electrons. The summed E-state index contributed by atoms with van der Waals surface area (Å²) in [6.45, 7) is 6.44. The summed E-state index contributed by atoms with van der Waals surface area (Å²) in [5.41, 5.74) is 0. The average Bonchev–Trinajstić information content (AvgIpc) is 3.47. The molecule has 0 aromatic rings. The molecule has 6 heteroatoms. The first-order valence-electron chi connectivity index (χ1n) is 35.2. The van der Waals surface area contributed by atoms with Gasteiger partial charge in [0.25, 0.3) is 0 Å². The second-order valence-corrected chi connectivity index (χ2v) is 23.4. The molecule has 0 spiro atoms. The van der Waals surface area contributed by atoms with Crippen LogP contribution in [0, 0.1) is 0 Å². The van der Waals surface area contributed by atoms with Crippen molar-refractivity contribution in [2.75, 3.05) is 13.2 Å². The lowest BCUT2D eigenvalue weighted by atomic mass is 10.0. The van der Waals surface area contributed by atoms with Crippen molar-refractivity contribution in [2.45, 2.75) is 354 Å². The van der Waals surface area contributed by atoms with E-state index in [0.29, 0.717) is 19.3 Å². The lowest BCUT2D eigenvalue weighted by Gasteiger charge is -2.18. The molecule has 82 heavy (non-hydrogen) atoms. The molecule has 0 amide bonds. The summed E-state index contributed by atoms with van der Waals surface area (Å²) in [6.07, 6.45) is 94.3. The number of unbranched alkanes of at least 4 members (excludes halogenated alkanes) is 37. The van der Waals surface area contributed by atoms with Gasteiger partial charge in [-0.1, -0.05) is 330 Å². The number of hydrogen-bond donors (Lipinski definition) is 0. The smallest absolute Gasteiger partial charge is 0.306 e. The van der Waals surface area contributed by atoms with Gasteiger partial charge in [-0.2, -0.15) is 0 Å². The maximum Gasteiger partial charge on any atom is 0.306 e. The van der Waals surface area contributed by atoms with Crippen molar-refractivity contribution in [3.63, 3.8) is 0 Å². The molecule has 0 N–H and O–H groups in total. The Morgan fingerprint density at radius 1 is 0.256 bits per heavy atom. The lowest BCUT2D eigenvalue weighted by Crippen LogP contribution is -2.30. The van der Waals surface area contributed by atoms with Gasteiger partial charge in [-0.05, 0) is 96.3 Å². The summed E-state index contributed by atoms with van der Waals surface area (Å²) in [6, 6.07) is 0. The van der Waals surface area contributed by atoms with Gasteiger partial charge < -0.3 is 14.2 Å². The van der Waals surface area contributed by atoms with E-state index >= 15 is 0 Å². The van der Waals surface area contributed by atoms with Crippen molar-refractivity contribution in [3.05, 3.63) is 97.2 Å². The van der Waals surface area contributed by atoms with Crippen LogP contribution in [0.1, 0.15) is 348 Å². The fraction of sp³-hybridized carbons (Fsp3) is 0.750. The van der Waals surface area contributed by atoms with Crippen LogP contribution in [-0.4, -0.2) is 37.2 Å². The van der Waals surface area contributed by atoms with E-state index in [2.05, 4.69) is 118 Å². The molecule has 6 nitrogen and oxygen atoms in total. The Morgan fingerprint density at radius 3 is 0.744 bits per heavy atom. The van der Waals surface area contributed by atoms with Crippen LogP contribution in [0.3, 0.4) is 0 Å². The standard InChI is InChI=1S/C76H132O6/c1-4-7-10-13-16-19-22-25-28-31-34-35-36-37-38-39-40-43-45-48-51-54-57-60-63-66-69-75(78)81-72-73(82-76(79)70-67-64-61-58-55-52-49-46-42-33-30-27-24-21-18-15-12-9-6-3)71-80-74(77)68-65-62-59-56-53-50-47-44-41-32-29-26-23-20-17-14-11-8-5-2/h8-9,11-12,17-18,20-21,26-27,29-30,41-42,44,46,73H,4-7,10,13-16,19,22-25,28,31-40,43,45,47-72H2,1-3H3/b11-8-,12-9-,20-17-,21-18-,29-26-,30-27-,44-41-,46-42-. The minimum Gasteiger partial charge on any atom is -0.462 e. The molecule has 0 aliphatic heterocycles. The topological polar surface area (TPSA) is 78.9 Å². The van der Waals surface area contributed by atoms with Crippen LogP contribution in [0.2, 0.25) is 0 Å². The molecule has 1 atom stereocenters. The number of allylic oxidation sites excluding steroid dienone is 16. The van der Waals surface area contributed by atoms with Gasteiger partial charge in [0.15, 0.2) is 6.10 Å². The maximum absolute atomic E-state index is 13.0. The maximum atomic E-state index is 13.0. The first-order valence-corrected chi connectivity index (χ1v) is 35.2. The van der Waals surface area contributed by atoms with Gasteiger partial charge in [0, 0.05) is 19.3 Å². The van der Waals surface area contributed by atoms with Crippen LogP contribution < -0.4 is 0 Å². The third-order valence-corrected chi connectivity index (χ3v) is 15.3. The second kappa shape index (κ2) is 69.8. The number of carbonyl (C=O) groups excluding carboxylic acids is 3. The number of hydrogen-bond acceptors (Lipinski definition) is 6. The third kappa shape index (κ3) is 67.1. The van der Waals surface area contributed by atoms with Gasteiger partial charge in [0.2, 0.25) is 0 Å². The van der Waals surface area contributed by atoms with E-state index in [1.165, 1.54) is 180 Å². The Bertz CT molecular complexity index is 1590. The van der Waals surface area contributed by atoms with Crippen molar-refractivity contribution >= 4 is 17.9 Å². The van der Waals surface area contributed by atoms with Crippen LogP contribution >= 0.6 is 0 Å². The molecule has 0 radical (unpaired) electrons. The number of esters is 3. The van der Waals surface area contributed by atoms with Crippen LogP contribution in [0.4, 0.5) is 0 Å². The van der Waals surface area contributed by atoms with E-state index < -0.39 is 6.10 Å². The highest BCUT2D eigenvalue weighted by molar-refractivity contribution is 5.71. The highest BCUT2D eigenvalue weighted by Gasteiger charge is 2.19. The summed E-state index contributed by atoms with van der Waals surface area (Å²) < 4.78 is 17.0. The van der Waals surface area contributed by atoms with E-state index in [9.17, 15) is 14.4 Å². The normalized spacial score (nSPS) is 12.7. The average molecular weight is 1140 g/mol. The predicted octanol–water partition coefficient (Wildman–Crippen LogP) is 24.4. The van der Waals surface area contributed by atoms with Gasteiger partial charge in [-0.3, -0.25) is 14.4 Å². The van der Waals surface area contributed by atoms with Crippen molar-refractivity contribution in [1.82, 2.24) is 0 Å². The number of rotatable bonds is 64. The molecule has 0 saturated heterocycles. The number of ether oxygens (including phenoxy) is 3. The summed E-state index contributed by atoms with van der Waals surface area (Å²) in [5, 5.41) is 0. The Labute approximate surface area is 508 Å². The molecule has 0 aromatic heterocycles. The van der Waals surface area contributed by atoms with Crippen LogP contribution in [0.5, 0.6) is 0 Å². The molecule has 0 bridgehead atoms. The van der Waals surface area contributed by atoms with Crippen molar-refractivity contribution in [3.8, 4) is 0 Å². The minimum absolute atomic E-state index is 0.0858. The van der Waals surface area contributed by atoms with E-state index in [1.807, 2.05) is 0 Å². The Hall–Kier alpha value is -3.67. The zero-order valence-corrected chi connectivity index (χ0v) is 54.2. The van der Waals surface area contributed by atoms with Gasteiger partial charge in [0.05, 0.1) is 0 Å². The third-order valence-electron chi connectivity index (χ3n) is 15.3. The predicted molar refractivity (Wildman–Crippen MR) is 357 cm³/mol. The molecule has 0 aliphatic rings. The van der Waals surface area contributed by atoms with Crippen molar-refractivity contribution < 1.29 is 28.6 Å². The van der Waals surface area contributed by atoms with Gasteiger partial charge in [0.1, 0.15) is 13.2 Å². The molecular weight excluding hydrogens is 1010 g/mol. The van der Waals surface area contributed by atoms with Crippen molar-refractivity contribution in [1.29, 1.82) is 0 Å². The quantitative estimate of drug-likeness (QED) is 0.0261. The van der Waals surface area contributed by atoms with Crippen LogP contribution in [-0.2, 0) is 28.6 Å². The molecule has 1 unspecified atom stereocenters. The molecule has 0 rings (SSSR count). The fourth-order valence-electron chi connectivity index (χ4n) is 10.1. The van der Waals surface area contributed by atoms with E-state index in [-0.39, 0.29) is 31.1 Å². The Kier molecular flexibility index (Phi) is 66.7. The first kappa shape index (κ1) is 78.3. The number of carbonyl (C=O) groups is 3. The highest BCUT2D eigenvalue weighted by Crippen LogP contribution is 2.18. The molecule has 0 aliphatic carbocycles. The lowest BCUT2D eigenvalue weighted by molar-refractivity contribution is -0.167. The summed E-state index contributed by atoms with van der Waals surface area (Å²) in [4.78, 5) is 38.5.